The zero-order valence-electron chi connectivity index (χ0n) is 15.6. The molecule has 8 nitrogen and oxygen atoms in total. The summed E-state index contributed by atoms with van der Waals surface area (Å²) in [5.74, 6) is -1.29. The van der Waals surface area contributed by atoms with Gasteiger partial charge in [0.1, 0.15) is 11.6 Å². The van der Waals surface area contributed by atoms with Crippen LogP contribution in [0.3, 0.4) is 0 Å². The minimum absolute atomic E-state index is 0.181. The number of nitrogens with zero attached hydrogens (tertiary/aromatic N) is 1. The molecule has 0 aliphatic carbocycles. The van der Waals surface area contributed by atoms with Crippen LogP contribution in [0.2, 0.25) is 0 Å². The fourth-order valence-corrected chi connectivity index (χ4v) is 3.33. The Bertz CT molecular complexity index is 983. The van der Waals surface area contributed by atoms with Crippen LogP contribution < -0.4 is 10.6 Å². The monoisotopic (exact) mass is 413 g/mol. The smallest absolute Gasteiger partial charge is 0.332 e. The molecule has 0 fully saturated rings. The first-order chi connectivity index (χ1) is 14.0. The summed E-state index contributed by atoms with van der Waals surface area (Å²) in [6.45, 7) is 0.916. The van der Waals surface area contributed by atoms with Crippen LogP contribution in [-0.4, -0.2) is 36.0 Å². The molecule has 0 aliphatic rings. The molecule has 0 saturated heterocycles. The van der Waals surface area contributed by atoms with Gasteiger partial charge in [-0.05, 0) is 36.4 Å². The fourth-order valence-electron chi connectivity index (χ4n) is 2.43. The van der Waals surface area contributed by atoms with Crippen LogP contribution in [0.15, 0.2) is 48.5 Å². The second-order valence-corrected chi connectivity index (χ2v) is 7.15. The number of para-hydroxylation sites is 1. The van der Waals surface area contributed by atoms with Crippen molar-refractivity contribution in [1.29, 1.82) is 0 Å². The van der Waals surface area contributed by atoms with Crippen molar-refractivity contribution in [3.8, 4) is 0 Å². The molecule has 0 saturated carbocycles. The molecule has 0 unspecified atom stereocenters. The molecule has 1 heterocycles. The maximum atomic E-state index is 11.9. The largest absolute Gasteiger partial charge is 0.454 e. The first-order valence-corrected chi connectivity index (χ1v) is 9.56. The maximum absolute atomic E-state index is 11.9. The highest BCUT2D eigenvalue weighted by molar-refractivity contribution is 7.18. The molecule has 0 aliphatic heterocycles. The predicted octanol–water partition coefficient (Wildman–Crippen LogP) is 2.95. The third kappa shape index (κ3) is 6.37. The summed E-state index contributed by atoms with van der Waals surface area (Å²) < 4.78 is 11.3. The average molecular weight is 413 g/mol. The van der Waals surface area contributed by atoms with E-state index in [1.165, 1.54) is 18.3 Å². The lowest BCUT2D eigenvalue weighted by molar-refractivity contribution is -0.152. The molecule has 2 N–H and O–H groups in total. The van der Waals surface area contributed by atoms with Gasteiger partial charge in [-0.25, -0.2) is 9.78 Å². The molecule has 3 aromatic rings. The maximum Gasteiger partial charge on any atom is 0.332 e. The van der Waals surface area contributed by atoms with Crippen LogP contribution in [0.1, 0.15) is 11.9 Å². The standard InChI is InChI=1S/C20H19N3O5S/c1-13(24)21-14-6-8-15(9-7-14)22-18(25)10-28-20(26)12-27-11-19-23-16-4-2-3-5-17(16)29-19/h2-9H,10-12H2,1H3,(H,21,24)(H,22,25). The van der Waals surface area contributed by atoms with Gasteiger partial charge >= 0.3 is 5.97 Å². The molecule has 0 bridgehead atoms. The minimum atomic E-state index is -0.637. The number of hydrogen-bond donors (Lipinski definition) is 2. The molecular weight excluding hydrogens is 394 g/mol. The Morgan fingerprint density at radius 2 is 1.66 bits per heavy atom. The normalized spacial score (nSPS) is 10.5. The van der Waals surface area contributed by atoms with Gasteiger partial charge < -0.3 is 20.1 Å². The molecule has 0 radical (unpaired) electrons. The van der Waals surface area contributed by atoms with Gasteiger partial charge in [-0.1, -0.05) is 12.1 Å². The van der Waals surface area contributed by atoms with Gasteiger partial charge in [0.2, 0.25) is 5.91 Å². The van der Waals surface area contributed by atoms with Crippen LogP contribution in [0.25, 0.3) is 10.2 Å². The molecule has 2 amide bonds. The van der Waals surface area contributed by atoms with Crippen molar-refractivity contribution in [2.45, 2.75) is 13.5 Å². The highest BCUT2D eigenvalue weighted by Crippen LogP contribution is 2.21. The molecule has 0 spiro atoms. The SMILES string of the molecule is CC(=O)Nc1ccc(NC(=O)COC(=O)COCc2nc3ccccc3s2)cc1. The number of esters is 1. The molecule has 9 heteroatoms. The Balaban J connectivity index is 1.36. The molecule has 2 aromatic carbocycles. The van der Waals surface area contributed by atoms with E-state index in [0.717, 1.165) is 15.2 Å². The van der Waals surface area contributed by atoms with E-state index in [0.29, 0.717) is 11.4 Å². The Kier molecular flexibility index (Phi) is 6.88. The van der Waals surface area contributed by atoms with E-state index in [1.807, 2.05) is 24.3 Å². The number of hydrogen-bond acceptors (Lipinski definition) is 7. The summed E-state index contributed by atoms with van der Waals surface area (Å²) in [4.78, 5) is 39.0. The first kappa shape index (κ1) is 20.4. The van der Waals surface area contributed by atoms with Crippen molar-refractivity contribution in [2.75, 3.05) is 23.8 Å². The topological polar surface area (TPSA) is 107 Å². The molecule has 29 heavy (non-hydrogen) atoms. The Hall–Kier alpha value is -3.30. The minimum Gasteiger partial charge on any atom is -0.454 e. The lowest BCUT2D eigenvalue weighted by atomic mass is 10.2. The van der Waals surface area contributed by atoms with Crippen LogP contribution in [0.4, 0.5) is 11.4 Å². The van der Waals surface area contributed by atoms with Crippen molar-refractivity contribution in [3.63, 3.8) is 0 Å². The van der Waals surface area contributed by atoms with E-state index in [9.17, 15) is 14.4 Å². The van der Waals surface area contributed by atoms with Gasteiger partial charge in [0.05, 0.1) is 16.8 Å². The zero-order valence-corrected chi connectivity index (χ0v) is 16.5. The number of carbonyl (C=O) groups is 3. The number of thiazole rings is 1. The molecule has 3 rings (SSSR count). The van der Waals surface area contributed by atoms with Gasteiger partial charge in [0.15, 0.2) is 6.61 Å². The van der Waals surface area contributed by atoms with Gasteiger partial charge in [-0.3, -0.25) is 9.59 Å². The van der Waals surface area contributed by atoms with Gasteiger partial charge in [-0.15, -0.1) is 11.3 Å². The predicted molar refractivity (Wildman–Crippen MR) is 110 cm³/mol. The van der Waals surface area contributed by atoms with E-state index in [2.05, 4.69) is 15.6 Å². The van der Waals surface area contributed by atoms with Crippen LogP contribution in [0.5, 0.6) is 0 Å². The van der Waals surface area contributed by atoms with E-state index >= 15 is 0 Å². The Labute approximate surface area is 170 Å². The quantitative estimate of drug-likeness (QED) is 0.550. The third-order valence-corrected chi connectivity index (χ3v) is 4.65. The van der Waals surface area contributed by atoms with E-state index in [4.69, 9.17) is 9.47 Å². The summed E-state index contributed by atoms with van der Waals surface area (Å²) in [6.07, 6.45) is 0. The average Bonchev–Trinajstić information content (AvgIpc) is 3.10. The number of nitrogens with one attached hydrogen (secondary N) is 2. The van der Waals surface area contributed by atoms with Crippen molar-refractivity contribution in [3.05, 3.63) is 53.5 Å². The van der Waals surface area contributed by atoms with E-state index < -0.39 is 18.5 Å². The number of anilines is 2. The summed E-state index contributed by atoms with van der Waals surface area (Å²) >= 11 is 1.50. The molecular formula is C20H19N3O5S. The lowest BCUT2D eigenvalue weighted by Crippen LogP contribution is -2.22. The first-order valence-electron chi connectivity index (χ1n) is 8.75. The summed E-state index contributed by atoms with van der Waals surface area (Å²) in [5, 5.41) is 5.99. The number of fused-ring (bicyclic) bond motifs is 1. The second-order valence-electron chi connectivity index (χ2n) is 6.04. The number of rotatable bonds is 8. The Morgan fingerprint density at radius 1 is 0.966 bits per heavy atom. The molecule has 150 valence electrons. The number of amides is 2. The zero-order chi connectivity index (χ0) is 20.6. The van der Waals surface area contributed by atoms with E-state index in [-0.39, 0.29) is 19.1 Å². The lowest BCUT2D eigenvalue weighted by Gasteiger charge is -2.08. The fraction of sp³-hybridized carbons (Fsp3) is 0.200. The number of benzene rings is 2. The third-order valence-electron chi connectivity index (χ3n) is 3.64. The van der Waals surface area contributed by atoms with Crippen LogP contribution in [0, 0.1) is 0 Å². The summed E-state index contributed by atoms with van der Waals surface area (Å²) in [6, 6.07) is 14.3. The van der Waals surface area contributed by atoms with Crippen molar-refractivity contribution < 1.29 is 23.9 Å². The summed E-state index contributed by atoms with van der Waals surface area (Å²) in [7, 11) is 0. The number of ether oxygens (including phenoxy) is 2. The number of aromatic nitrogens is 1. The highest BCUT2D eigenvalue weighted by atomic mass is 32.1. The van der Waals surface area contributed by atoms with Gasteiger partial charge in [-0.2, -0.15) is 0 Å². The van der Waals surface area contributed by atoms with E-state index in [1.54, 1.807) is 24.3 Å². The summed E-state index contributed by atoms with van der Waals surface area (Å²) in [5.41, 5.74) is 2.03. The number of carbonyl (C=O) groups excluding carboxylic acids is 3. The highest BCUT2D eigenvalue weighted by Gasteiger charge is 2.10. The van der Waals surface area contributed by atoms with Crippen LogP contribution >= 0.6 is 11.3 Å². The van der Waals surface area contributed by atoms with Gasteiger partial charge in [0.25, 0.3) is 5.91 Å². The van der Waals surface area contributed by atoms with Gasteiger partial charge in [0, 0.05) is 18.3 Å². The molecule has 0 atom stereocenters. The van der Waals surface area contributed by atoms with Crippen LogP contribution in [-0.2, 0) is 30.5 Å². The van der Waals surface area contributed by atoms with Crippen molar-refractivity contribution >= 4 is 50.7 Å². The molecule has 1 aromatic heterocycles. The second kappa shape index (κ2) is 9.76. The van der Waals surface area contributed by atoms with Crippen molar-refractivity contribution in [1.82, 2.24) is 4.98 Å². The Morgan fingerprint density at radius 3 is 2.34 bits per heavy atom. The van der Waals surface area contributed by atoms with Crippen molar-refractivity contribution in [2.24, 2.45) is 0 Å².